The monoisotopic (exact) mass is 297 g/mol. The van der Waals surface area contributed by atoms with Gasteiger partial charge in [-0.05, 0) is 32.2 Å². The molecule has 4 heteroatoms. The van der Waals surface area contributed by atoms with Crippen molar-refractivity contribution in [3.8, 4) is 0 Å². The van der Waals surface area contributed by atoms with Gasteiger partial charge in [0, 0.05) is 44.7 Å². The third kappa shape index (κ3) is 6.35. The molecule has 1 aliphatic heterocycles. The number of nitrogens with one attached hydrogen (secondary N) is 1. The number of hydrogen-bond donors (Lipinski definition) is 1. The van der Waals surface area contributed by atoms with E-state index in [0.29, 0.717) is 12.0 Å². The normalized spacial score (nSPS) is 19.2. The molecule has 1 N–H and O–H groups in total. The third-order valence-corrected chi connectivity index (χ3v) is 4.67. The van der Waals surface area contributed by atoms with Gasteiger partial charge in [0.25, 0.3) is 0 Å². The molecule has 124 valence electrons. The largest absolute Gasteiger partial charge is 0.354 e. The molecule has 1 rings (SSSR count). The smallest absolute Gasteiger partial charge is 0.223 e. The second-order valence-corrected chi connectivity index (χ2v) is 6.88. The second kappa shape index (κ2) is 9.42. The third-order valence-electron chi connectivity index (χ3n) is 4.67. The second-order valence-electron chi connectivity index (χ2n) is 6.88. The molecule has 0 aromatic carbocycles. The highest BCUT2D eigenvalue weighted by molar-refractivity contribution is 5.78. The Labute approximate surface area is 131 Å². The predicted octanol–water partition coefficient (Wildman–Crippen LogP) is 2.20. The zero-order valence-electron chi connectivity index (χ0n) is 14.7. The maximum absolute atomic E-state index is 12.2. The van der Waals surface area contributed by atoms with E-state index in [4.69, 9.17) is 0 Å². The van der Waals surface area contributed by atoms with Crippen molar-refractivity contribution in [2.24, 2.45) is 11.8 Å². The Kier molecular flexibility index (Phi) is 8.27. The van der Waals surface area contributed by atoms with Crippen LogP contribution in [0.4, 0.5) is 0 Å². The van der Waals surface area contributed by atoms with E-state index in [1.54, 1.807) is 0 Å². The summed E-state index contributed by atoms with van der Waals surface area (Å²) in [5, 5.41) is 3.20. The lowest BCUT2D eigenvalue weighted by Gasteiger charge is -2.39. The van der Waals surface area contributed by atoms with Gasteiger partial charge in [0.2, 0.25) is 5.91 Å². The number of carbonyl (C=O) groups is 1. The molecule has 4 nitrogen and oxygen atoms in total. The SMILES string of the molecule is CCC(CC)C(=O)NCC(CC(C)C)N1CCN(C)CC1. The fourth-order valence-corrected chi connectivity index (χ4v) is 3.11. The Bertz CT molecular complexity index is 294. The van der Waals surface area contributed by atoms with Crippen molar-refractivity contribution in [2.75, 3.05) is 39.8 Å². The van der Waals surface area contributed by atoms with Gasteiger partial charge >= 0.3 is 0 Å². The molecule has 0 bridgehead atoms. The summed E-state index contributed by atoms with van der Waals surface area (Å²) in [5.74, 6) is 1.08. The van der Waals surface area contributed by atoms with Gasteiger partial charge in [0.15, 0.2) is 0 Å². The molecule has 0 aromatic heterocycles. The van der Waals surface area contributed by atoms with Crippen LogP contribution >= 0.6 is 0 Å². The number of rotatable bonds is 8. The van der Waals surface area contributed by atoms with Gasteiger partial charge < -0.3 is 10.2 Å². The molecule has 0 aliphatic carbocycles. The van der Waals surface area contributed by atoms with Crippen LogP contribution in [0.5, 0.6) is 0 Å². The van der Waals surface area contributed by atoms with Gasteiger partial charge in [-0.1, -0.05) is 27.7 Å². The highest BCUT2D eigenvalue weighted by atomic mass is 16.1. The van der Waals surface area contributed by atoms with E-state index in [-0.39, 0.29) is 11.8 Å². The average Bonchev–Trinajstić information content (AvgIpc) is 2.45. The maximum Gasteiger partial charge on any atom is 0.223 e. The maximum atomic E-state index is 12.2. The quantitative estimate of drug-likeness (QED) is 0.746. The van der Waals surface area contributed by atoms with Gasteiger partial charge in [-0.25, -0.2) is 0 Å². The minimum atomic E-state index is 0.178. The van der Waals surface area contributed by atoms with E-state index in [9.17, 15) is 4.79 Å². The Morgan fingerprint density at radius 2 is 1.67 bits per heavy atom. The van der Waals surface area contributed by atoms with Crippen LogP contribution in [0.1, 0.15) is 47.0 Å². The van der Waals surface area contributed by atoms with Gasteiger partial charge in [-0.3, -0.25) is 9.69 Å². The minimum absolute atomic E-state index is 0.178. The summed E-state index contributed by atoms with van der Waals surface area (Å²) in [7, 11) is 2.18. The van der Waals surface area contributed by atoms with Crippen molar-refractivity contribution in [1.82, 2.24) is 15.1 Å². The van der Waals surface area contributed by atoms with E-state index in [0.717, 1.165) is 52.0 Å². The number of nitrogens with zero attached hydrogens (tertiary/aromatic N) is 2. The van der Waals surface area contributed by atoms with E-state index in [1.165, 1.54) is 0 Å². The summed E-state index contributed by atoms with van der Waals surface area (Å²) in [6.07, 6.45) is 3.03. The molecule has 1 saturated heterocycles. The lowest BCUT2D eigenvalue weighted by molar-refractivity contribution is -0.125. The van der Waals surface area contributed by atoms with Crippen LogP contribution in [0.25, 0.3) is 0 Å². The summed E-state index contributed by atoms with van der Waals surface area (Å²) in [4.78, 5) is 17.1. The van der Waals surface area contributed by atoms with E-state index < -0.39 is 0 Å². The highest BCUT2D eigenvalue weighted by Crippen LogP contribution is 2.14. The number of piperazine rings is 1. The van der Waals surface area contributed by atoms with Crippen LogP contribution in [0.3, 0.4) is 0 Å². The van der Waals surface area contributed by atoms with E-state index >= 15 is 0 Å². The van der Waals surface area contributed by atoms with E-state index in [2.05, 4.69) is 49.9 Å². The molecule has 0 radical (unpaired) electrons. The van der Waals surface area contributed by atoms with Crippen LogP contribution in [0.2, 0.25) is 0 Å². The molecule has 21 heavy (non-hydrogen) atoms. The predicted molar refractivity (Wildman–Crippen MR) is 89.4 cm³/mol. The summed E-state index contributed by atoms with van der Waals surface area (Å²) < 4.78 is 0. The highest BCUT2D eigenvalue weighted by Gasteiger charge is 2.24. The first-order valence-electron chi connectivity index (χ1n) is 8.68. The van der Waals surface area contributed by atoms with Crippen LogP contribution in [0, 0.1) is 11.8 Å². The Hall–Kier alpha value is -0.610. The van der Waals surface area contributed by atoms with Gasteiger partial charge in [-0.2, -0.15) is 0 Å². The first-order chi connectivity index (χ1) is 9.97. The van der Waals surface area contributed by atoms with Crippen LogP contribution in [0.15, 0.2) is 0 Å². The topological polar surface area (TPSA) is 35.6 Å². The Balaban J connectivity index is 2.51. The first-order valence-corrected chi connectivity index (χ1v) is 8.68. The summed E-state index contributed by atoms with van der Waals surface area (Å²) in [6, 6.07) is 0.483. The number of carbonyl (C=O) groups excluding carboxylic acids is 1. The molecule has 0 saturated carbocycles. The molecule has 1 atom stereocenters. The number of amides is 1. The lowest BCUT2D eigenvalue weighted by atomic mass is 10.00. The molecular weight excluding hydrogens is 262 g/mol. The molecule has 1 unspecified atom stereocenters. The first kappa shape index (κ1) is 18.4. The number of hydrogen-bond acceptors (Lipinski definition) is 3. The van der Waals surface area contributed by atoms with Crippen LogP contribution < -0.4 is 5.32 Å². The lowest BCUT2D eigenvalue weighted by Crippen LogP contribution is -2.53. The Morgan fingerprint density at radius 1 is 1.10 bits per heavy atom. The van der Waals surface area contributed by atoms with Crippen molar-refractivity contribution in [3.63, 3.8) is 0 Å². The van der Waals surface area contributed by atoms with Gasteiger partial charge in [0.1, 0.15) is 0 Å². The molecule has 1 heterocycles. The van der Waals surface area contributed by atoms with Crippen molar-refractivity contribution in [2.45, 2.75) is 53.0 Å². The van der Waals surface area contributed by atoms with E-state index in [1.807, 2.05) is 0 Å². The number of likely N-dealkylation sites (N-methyl/N-ethyl adjacent to an activating group) is 1. The van der Waals surface area contributed by atoms with Crippen molar-refractivity contribution in [3.05, 3.63) is 0 Å². The van der Waals surface area contributed by atoms with Crippen molar-refractivity contribution >= 4 is 5.91 Å². The van der Waals surface area contributed by atoms with Crippen molar-refractivity contribution in [1.29, 1.82) is 0 Å². The molecule has 1 fully saturated rings. The molecule has 1 aliphatic rings. The standard InChI is InChI=1S/C17H35N3O/c1-6-15(7-2)17(21)18-13-16(12-14(3)4)20-10-8-19(5)9-11-20/h14-16H,6-13H2,1-5H3,(H,18,21). The summed E-state index contributed by atoms with van der Waals surface area (Å²) >= 11 is 0. The Morgan fingerprint density at radius 3 is 2.14 bits per heavy atom. The fraction of sp³-hybridized carbons (Fsp3) is 0.941. The summed E-state index contributed by atoms with van der Waals surface area (Å²) in [6.45, 7) is 14.0. The zero-order valence-corrected chi connectivity index (χ0v) is 14.7. The molecule has 0 spiro atoms. The summed E-state index contributed by atoms with van der Waals surface area (Å²) in [5.41, 5.74) is 0. The molecule has 0 aromatic rings. The zero-order chi connectivity index (χ0) is 15.8. The van der Waals surface area contributed by atoms with Gasteiger partial charge in [0.05, 0.1) is 0 Å². The fourth-order valence-electron chi connectivity index (χ4n) is 3.11. The molecule has 1 amide bonds. The minimum Gasteiger partial charge on any atom is -0.354 e. The van der Waals surface area contributed by atoms with Crippen LogP contribution in [-0.4, -0.2) is 61.5 Å². The van der Waals surface area contributed by atoms with Crippen LogP contribution in [-0.2, 0) is 4.79 Å². The van der Waals surface area contributed by atoms with Gasteiger partial charge in [-0.15, -0.1) is 0 Å². The molecular formula is C17H35N3O. The van der Waals surface area contributed by atoms with Crippen molar-refractivity contribution < 1.29 is 4.79 Å². The average molecular weight is 297 g/mol.